The van der Waals surface area contributed by atoms with Crippen LogP contribution in [0.5, 0.6) is 11.5 Å². The van der Waals surface area contributed by atoms with E-state index >= 15 is 0 Å². The van der Waals surface area contributed by atoms with Gasteiger partial charge in [0.25, 0.3) is 0 Å². The monoisotopic (exact) mass is 752 g/mol. The van der Waals surface area contributed by atoms with Crippen LogP contribution in [0.4, 0.5) is 0 Å². The topological polar surface area (TPSA) is 44.9 Å². The molecule has 0 bridgehead atoms. The van der Waals surface area contributed by atoms with Gasteiger partial charge in [-0.2, -0.15) is 0 Å². The summed E-state index contributed by atoms with van der Waals surface area (Å²) in [5, 5.41) is 8.13. The second-order valence-electron chi connectivity index (χ2n) is 15.4. The Morgan fingerprint density at radius 3 is 1.92 bits per heavy atom. The minimum absolute atomic E-state index is 0.634. The van der Waals surface area contributed by atoms with Gasteiger partial charge < -0.3 is 9.30 Å². The molecule has 0 fully saturated rings. The Morgan fingerprint density at radius 2 is 1.02 bits per heavy atom. The number of para-hydroxylation sites is 3. The average Bonchev–Trinajstić information content (AvgIpc) is 3.81. The number of fused-ring (bicyclic) bond motifs is 9. The van der Waals surface area contributed by atoms with Gasteiger partial charge in [0.2, 0.25) is 5.95 Å². The highest BCUT2D eigenvalue weighted by molar-refractivity contribution is 6.13. The second kappa shape index (κ2) is 12.2. The third-order valence-electron chi connectivity index (χ3n) is 12.1. The molecule has 274 valence electrons. The van der Waals surface area contributed by atoms with Crippen molar-refractivity contribution in [1.82, 2.24) is 19.1 Å². The van der Waals surface area contributed by atoms with E-state index in [1.165, 1.54) is 43.7 Å². The van der Waals surface area contributed by atoms with E-state index in [1.807, 2.05) is 30.3 Å². The number of benzene rings is 9. The molecule has 0 spiro atoms. The first-order chi connectivity index (χ1) is 29.2. The fraction of sp³-hybridized carbons (Fsp3) is 0. The van der Waals surface area contributed by atoms with Crippen molar-refractivity contribution >= 4 is 65.3 Å². The van der Waals surface area contributed by atoms with Crippen molar-refractivity contribution in [1.29, 1.82) is 0 Å². The van der Waals surface area contributed by atoms with E-state index in [-0.39, 0.29) is 0 Å². The van der Waals surface area contributed by atoms with Crippen molar-refractivity contribution in [2.24, 2.45) is 0 Å². The molecule has 5 nitrogen and oxygen atoms in total. The zero-order valence-corrected chi connectivity index (χ0v) is 31.7. The van der Waals surface area contributed by atoms with Gasteiger partial charge in [0.15, 0.2) is 0 Å². The molecule has 0 saturated carbocycles. The predicted molar refractivity (Wildman–Crippen MR) is 242 cm³/mol. The first kappa shape index (κ1) is 32.1. The molecule has 0 saturated heterocycles. The lowest BCUT2D eigenvalue weighted by Crippen LogP contribution is -2.06. The van der Waals surface area contributed by atoms with E-state index in [0.29, 0.717) is 5.95 Å². The van der Waals surface area contributed by atoms with Crippen LogP contribution in [-0.2, 0) is 0 Å². The summed E-state index contributed by atoms with van der Waals surface area (Å²) in [6.07, 6.45) is 0. The van der Waals surface area contributed by atoms with Crippen LogP contribution in [0.15, 0.2) is 194 Å². The Hall–Kier alpha value is -8.02. The molecule has 0 amide bonds. The summed E-state index contributed by atoms with van der Waals surface area (Å²) in [5.74, 6) is 2.22. The van der Waals surface area contributed by atoms with Crippen molar-refractivity contribution in [3.63, 3.8) is 0 Å². The maximum atomic E-state index is 6.32. The van der Waals surface area contributed by atoms with Gasteiger partial charge in [-0.15, -0.1) is 0 Å². The van der Waals surface area contributed by atoms with Crippen LogP contribution < -0.4 is 4.74 Å². The minimum Gasteiger partial charge on any atom is -0.456 e. The summed E-state index contributed by atoms with van der Waals surface area (Å²) >= 11 is 0. The lowest BCUT2D eigenvalue weighted by atomic mass is 10.0. The Kier molecular flexibility index (Phi) is 6.66. The number of ether oxygens (including phenoxy) is 1. The molecule has 0 aliphatic carbocycles. The highest BCUT2D eigenvalue weighted by Gasteiger charge is 2.25. The highest BCUT2D eigenvalue weighted by Crippen LogP contribution is 2.46. The molecule has 59 heavy (non-hydrogen) atoms. The van der Waals surface area contributed by atoms with Gasteiger partial charge in [0.1, 0.15) is 11.5 Å². The lowest BCUT2D eigenvalue weighted by Gasteiger charge is -2.21. The minimum atomic E-state index is 0.634. The zero-order chi connectivity index (χ0) is 38.6. The predicted octanol–water partition coefficient (Wildman–Crippen LogP) is 14.1. The standard InChI is InChI=1S/C54H32N4O/c1-2-11-33(12-3-1)34-21-22-36-30-39(26-23-35(36)29-34)57-46-17-7-5-14-41(46)44-31-37(25-28-48(44)57)38-24-27-42-40-13-4-8-18-47(40)58(49(42)32-38)54-55-45-16-10-20-51-52(45)53(56-54)43-15-6-9-19-50(43)59-51/h1-32H. The van der Waals surface area contributed by atoms with Crippen LogP contribution in [-0.4, -0.2) is 19.1 Å². The van der Waals surface area contributed by atoms with E-state index in [0.717, 1.165) is 72.3 Å². The summed E-state index contributed by atoms with van der Waals surface area (Å²) in [5.41, 5.74) is 13.1. The molecule has 1 aliphatic heterocycles. The summed E-state index contributed by atoms with van der Waals surface area (Å²) in [4.78, 5) is 10.5. The summed E-state index contributed by atoms with van der Waals surface area (Å²) < 4.78 is 10.9. The second-order valence-corrected chi connectivity index (χ2v) is 15.4. The molecule has 0 unspecified atom stereocenters. The molecule has 0 radical (unpaired) electrons. The van der Waals surface area contributed by atoms with Crippen LogP contribution in [0.3, 0.4) is 0 Å². The quantitative estimate of drug-likeness (QED) is 0.180. The first-order valence-electron chi connectivity index (χ1n) is 20.0. The van der Waals surface area contributed by atoms with Gasteiger partial charge in [0.05, 0.1) is 38.7 Å². The fourth-order valence-corrected chi connectivity index (χ4v) is 9.37. The highest BCUT2D eigenvalue weighted by atomic mass is 16.5. The van der Waals surface area contributed by atoms with Gasteiger partial charge in [-0.05, 0) is 106 Å². The molecule has 1 aliphatic rings. The molecule has 4 heterocycles. The largest absolute Gasteiger partial charge is 0.456 e. The summed E-state index contributed by atoms with van der Waals surface area (Å²) in [7, 11) is 0. The summed E-state index contributed by atoms with van der Waals surface area (Å²) in [6, 6.07) is 69.3. The van der Waals surface area contributed by atoms with Crippen LogP contribution in [0, 0.1) is 0 Å². The van der Waals surface area contributed by atoms with E-state index in [4.69, 9.17) is 14.7 Å². The van der Waals surface area contributed by atoms with Crippen LogP contribution >= 0.6 is 0 Å². The van der Waals surface area contributed by atoms with Gasteiger partial charge >= 0.3 is 0 Å². The van der Waals surface area contributed by atoms with E-state index in [9.17, 15) is 0 Å². The SMILES string of the molecule is c1ccc(-c2ccc3cc(-n4c5ccccc5c5cc(-c6ccc7c8ccccc8n(-c8nc9c%10c(cccc%10n8)Oc8ccccc8-9)c7c6)ccc54)ccc3c2)cc1. The Morgan fingerprint density at radius 1 is 0.373 bits per heavy atom. The van der Waals surface area contributed by atoms with E-state index < -0.39 is 0 Å². The smallest absolute Gasteiger partial charge is 0.235 e. The van der Waals surface area contributed by atoms with Crippen molar-refractivity contribution in [3.05, 3.63) is 194 Å². The van der Waals surface area contributed by atoms with Crippen molar-refractivity contribution in [2.75, 3.05) is 0 Å². The number of hydrogen-bond donors (Lipinski definition) is 0. The number of nitrogens with zero attached hydrogens (tertiary/aromatic N) is 4. The van der Waals surface area contributed by atoms with E-state index in [1.54, 1.807) is 0 Å². The van der Waals surface area contributed by atoms with Crippen molar-refractivity contribution < 1.29 is 4.74 Å². The lowest BCUT2D eigenvalue weighted by molar-refractivity contribution is 0.486. The molecule has 13 rings (SSSR count). The van der Waals surface area contributed by atoms with Crippen LogP contribution in [0.25, 0.3) is 110 Å². The first-order valence-corrected chi connectivity index (χ1v) is 20.0. The van der Waals surface area contributed by atoms with Crippen molar-refractivity contribution in [2.45, 2.75) is 0 Å². The van der Waals surface area contributed by atoms with Gasteiger partial charge in [0, 0.05) is 32.8 Å². The Balaban J connectivity index is 0.974. The fourth-order valence-electron chi connectivity index (χ4n) is 9.37. The number of hydrogen-bond acceptors (Lipinski definition) is 3. The Bertz CT molecular complexity index is 3710. The maximum Gasteiger partial charge on any atom is 0.235 e. The molecule has 9 aromatic carbocycles. The van der Waals surface area contributed by atoms with Crippen LogP contribution in [0.2, 0.25) is 0 Å². The average molecular weight is 753 g/mol. The van der Waals surface area contributed by atoms with Crippen molar-refractivity contribution in [3.8, 4) is 56.6 Å². The maximum absolute atomic E-state index is 6.32. The molecule has 12 aromatic rings. The summed E-state index contributed by atoms with van der Waals surface area (Å²) in [6.45, 7) is 0. The third kappa shape index (κ3) is 4.79. The van der Waals surface area contributed by atoms with Crippen LogP contribution in [0.1, 0.15) is 0 Å². The van der Waals surface area contributed by atoms with E-state index in [2.05, 4.69) is 173 Å². The van der Waals surface area contributed by atoms with Gasteiger partial charge in [-0.3, -0.25) is 4.57 Å². The van der Waals surface area contributed by atoms with Gasteiger partial charge in [-0.1, -0.05) is 121 Å². The molecular weight excluding hydrogens is 721 g/mol. The number of aromatic nitrogens is 4. The number of rotatable bonds is 4. The normalized spacial score (nSPS) is 12.2. The molecule has 0 atom stereocenters. The molecule has 3 aromatic heterocycles. The molecule has 0 N–H and O–H groups in total. The third-order valence-corrected chi connectivity index (χ3v) is 12.1. The molecule has 5 heteroatoms. The molecular formula is C54H32N4O. The zero-order valence-electron chi connectivity index (χ0n) is 31.7. The Labute approximate surface area is 338 Å². The van der Waals surface area contributed by atoms with Gasteiger partial charge in [-0.25, -0.2) is 9.97 Å².